The molecule has 2 aromatic rings. The zero-order valence-electron chi connectivity index (χ0n) is 15.4. The first-order valence-electron chi connectivity index (χ1n) is 8.40. The summed E-state index contributed by atoms with van der Waals surface area (Å²) in [5.41, 5.74) is 5.76. The number of hydrogen-bond donors (Lipinski definition) is 2. The number of rotatable bonds is 8. The number of ether oxygens (including phenoxy) is 2. The van der Waals surface area contributed by atoms with E-state index in [1.165, 1.54) is 13.0 Å². The number of primary amides is 1. The molecule has 0 fully saturated rings. The highest BCUT2D eigenvalue weighted by Gasteiger charge is 2.21. The van der Waals surface area contributed by atoms with E-state index >= 15 is 0 Å². The average molecular weight is 390 g/mol. The van der Waals surface area contributed by atoms with Gasteiger partial charge in [0.25, 0.3) is 11.8 Å². The van der Waals surface area contributed by atoms with Crippen LogP contribution < -0.4 is 15.8 Å². The maximum Gasteiger partial charge on any atom is 0.338 e. The zero-order chi connectivity index (χ0) is 20.0. The molecule has 3 N–H and O–H groups in total. The molecule has 0 aliphatic heterocycles. The second kappa shape index (κ2) is 9.18. The lowest BCUT2D eigenvalue weighted by Crippen LogP contribution is -2.30. The molecule has 144 valence electrons. The fourth-order valence-corrected chi connectivity index (χ4v) is 2.84. The molecule has 0 radical (unpaired) electrons. The van der Waals surface area contributed by atoms with Crippen molar-refractivity contribution in [1.82, 2.24) is 0 Å². The van der Waals surface area contributed by atoms with Crippen LogP contribution >= 0.6 is 11.3 Å². The number of carbonyl (C=O) groups is 3. The summed E-state index contributed by atoms with van der Waals surface area (Å²) in [4.78, 5) is 35.7. The molecule has 0 saturated heterocycles. The second-order valence-corrected chi connectivity index (χ2v) is 7.21. The number of carbonyl (C=O) groups excluding carboxylic acids is 3. The number of amides is 2. The van der Waals surface area contributed by atoms with Crippen LogP contribution in [0.5, 0.6) is 5.75 Å². The first-order chi connectivity index (χ1) is 12.8. The topological polar surface area (TPSA) is 108 Å². The van der Waals surface area contributed by atoms with Gasteiger partial charge in [-0.1, -0.05) is 13.8 Å². The Kier molecular flexibility index (Phi) is 6.95. The van der Waals surface area contributed by atoms with Gasteiger partial charge in [0.15, 0.2) is 6.10 Å². The van der Waals surface area contributed by atoms with Crippen molar-refractivity contribution >= 4 is 34.1 Å². The molecular weight excluding hydrogens is 368 g/mol. The number of nitrogens with one attached hydrogen (secondary N) is 1. The minimum atomic E-state index is -1.04. The van der Waals surface area contributed by atoms with Crippen molar-refractivity contribution in [3.8, 4) is 5.75 Å². The van der Waals surface area contributed by atoms with Gasteiger partial charge in [-0.05, 0) is 48.6 Å². The molecule has 0 spiro atoms. The minimum Gasteiger partial charge on any atom is -0.493 e. The lowest BCUT2D eigenvalue weighted by Gasteiger charge is -2.14. The molecule has 7 nitrogen and oxygen atoms in total. The predicted molar refractivity (Wildman–Crippen MR) is 103 cm³/mol. The summed E-state index contributed by atoms with van der Waals surface area (Å²) in [6, 6.07) is 8.02. The minimum absolute atomic E-state index is 0.212. The van der Waals surface area contributed by atoms with Crippen LogP contribution in [0.15, 0.2) is 35.7 Å². The van der Waals surface area contributed by atoms with Crippen molar-refractivity contribution in [3.63, 3.8) is 0 Å². The summed E-state index contributed by atoms with van der Waals surface area (Å²) >= 11 is 1.16. The Morgan fingerprint density at radius 2 is 1.78 bits per heavy atom. The van der Waals surface area contributed by atoms with Crippen molar-refractivity contribution in [2.75, 3.05) is 11.9 Å². The molecule has 1 atom stereocenters. The van der Waals surface area contributed by atoms with E-state index in [1.807, 2.05) is 13.8 Å². The first kappa shape index (κ1) is 20.4. The highest BCUT2D eigenvalue weighted by molar-refractivity contribution is 7.14. The lowest BCUT2D eigenvalue weighted by molar-refractivity contribution is -0.123. The normalized spacial score (nSPS) is 11.7. The van der Waals surface area contributed by atoms with Crippen LogP contribution in [0.1, 0.15) is 41.5 Å². The molecule has 8 heteroatoms. The van der Waals surface area contributed by atoms with Crippen LogP contribution in [0.2, 0.25) is 0 Å². The molecule has 1 aromatic carbocycles. The molecule has 0 aliphatic carbocycles. The van der Waals surface area contributed by atoms with E-state index in [1.54, 1.807) is 29.6 Å². The number of esters is 1. The summed E-state index contributed by atoms with van der Waals surface area (Å²) in [5, 5.41) is 4.50. The van der Waals surface area contributed by atoms with Gasteiger partial charge in [-0.25, -0.2) is 4.79 Å². The Labute approximate surface area is 161 Å². The Morgan fingerprint density at radius 1 is 1.11 bits per heavy atom. The van der Waals surface area contributed by atoms with Gasteiger partial charge in [-0.3, -0.25) is 9.59 Å². The van der Waals surface area contributed by atoms with Gasteiger partial charge < -0.3 is 20.5 Å². The molecule has 27 heavy (non-hydrogen) atoms. The first-order valence-corrected chi connectivity index (χ1v) is 9.28. The molecular formula is C19H22N2O5S. The molecule has 0 saturated carbocycles. The van der Waals surface area contributed by atoms with Crippen LogP contribution in [0.3, 0.4) is 0 Å². The van der Waals surface area contributed by atoms with E-state index in [2.05, 4.69) is 5.32 Å². The molecule has 2 rings (SSSR count). The van der Waals surface area contributed by atoms with Crippen molar-refractivity contribution in [3.05, 3.63) is 46.8 Å². The largest absolute Gasteiger partial charge is 0.493 e. The van der Waals surface area contributed by atoms with Gasteiger partial charge in [0.2, 0.25) is 0 Å². The second-order valence-electron chi connectivity index (χ2n) is 6.29. The molecule has 2 amide bonds. The molecule has 0 aliphatic rings. The predicted octanol–water partition coefficient (Wildman–Crippen LogP) is 3.07. The maximum absolute atomic E-state index is 12.2. The van der Waals surface area contributed by atoms with E-state index in [0.29, 0.717) is 28.8 Å². The Hall–Kier alpha value is -2.87. The third-order valence-corrected chi connectivity index (χ3v) is 4.32. The summed E-state index contributed by atoms with van der Waals surface area (Å²) in [5.74, 6) is -0.773. The molecule has 0 bridgehead atoms. The fourth-order valence-electron chi connectivity index (χ4n) is 2.05. The lowest BCUT2D eigenvalue weighted by atomic mass is 10.2. The summed E-state index contributed by atoms with van der Waals surface area (Å²) in [7, 11) is 0. The number of thiophene rings is 1. The molecule has 1 aromatic heterocycles. The van der Waals surface area contributed by atoms with Crippen LogP contribution in [0, 0.1) is 5.92 Å². The SMILES string of the molecule is CC(C)COc1ccc(C(=O)O[C@@H](C)C(=O)Nc2sccc2C(N)=O)cc1. The Balaban J connectivity index is 1.93. The third kappa shape index (κ3) is 5.82. The van der Waals surface area contributed by atoms with Gasteiger partial charge in [-0.15, -0.1) is 11.3 Å². The Morgan fingerprint density at radius 3 is 2.37 bits per heavy atom. The monoisotopic (exact) mass is 390 g/mol. The van der Waals surface area contributed by atoms with Crippen LogP contribution in [-0.2, 0) is 9.53 Å². The molecule has 0 unspecified atom stereocenters. The highest BCUT2D eigenvalue weighted by atomic mass is 32.1. The molecule has 1 heterocycles. The van der Waals surface area contributed by atoms with Gasteiger partial charge in [0.1, 0.15) is 10.8 Å². The van der Waals surface area contributed by atoms with Crippen molar-refractivity contribution in [1.29, 1.82) is 0 Å². The third-order valence-electron chi connectivity index (χ3n) is 3.49. The van der Waals surface area contributed by atoms with Crippen molar-refractivity contribution in [2.24, 2.45) is 11.7 Å². The van der Waals surface area contributed by atoms with Crippen LogP contribution in [0.4, 0.5) is 5.00 Å². The fraction of sp³-hybridized carbons (Fsp3) is 0.316. The average Bonchev–Trinajstić information content (AvgIpc) is 3.08. The van der Waals surface area contributed by atoms with E-state index in [4.69, 9.17) is 15.2 Å². The van der Waals surface area contributed by atoms with Gasteiger partial charge in [0, 0.05) is 0 Å². The van der Waals surface area contributed by atoms with E-state index < -0.39 is 23.9 Å². The van der Waals surface area contributed by atoms with Crippen molar-refractivity contribution in [2.45, 2.75) is 26.9 Å². The highest BCUT2D eigenvalue weighted by Crippen LogP contribution is 2.23. The van der Waals surface area contributed by atoms with Gasteiger partial charge in [0.05, 0.1) is 17.7 Å². The Bertz CT molecular complexity index is 814. The van der Waals surface area contributed by atoms with Gasteiger partial charge in [-0.2, -0.15) is 0 Å². The maximum atomic E-state index is 12.2. The summed E-state index contributed by atoms with van der Waals surface area (Å²) in [6.07, 6.45) is -1.04. The van der Waals surface area contributed by atoms with Crippen LogP contribution in [-0.4, -0.2) is 30.5 Å². The van der Waals surface area contributed by atoms with E-state index in [0.717, 1.165) is 11.3 Å². The van der Waals surface area contributed by atoms with Crippen molar-refractivity contribution < 1.29 is 23.9 Å². The smallest absolute Gasteiger partial charge is 0.338 e. The van der Waals surface area contributed by atoms with Crippen LogP contribution in [0.25, 0.3) is 0 Å². The summed E-state index contributed by atoms with van der Waals surface area (Å²) in [6.45, 7) is 6.11. The number of benzene rings is 1. The summed E-state index contributed by atoms with van der Waals surface area (Å²) < 4.78 is 10.7. The standard InChI is InChI=1S/C19H22N2O5S/c1-11(2)10-25-14-6-4-13(5-7-14)19(24)26-12(3)17(23)21-18-15(16(20)22)8-9-27-18/h4-9,11-12H,10H2,1-3H3,(H2,20,22)(H,21,23)/t12-/m0/s1. The number of anilines is 1. The van der Waals surface area contributed by atoms with E-state index in [9.17, 15) is 14.4 Å². The number of hydrogen-bond acceptors (Lipinski definition) is 6. The zero-order valence-corrected chi connectivity index (χ0v) is 16.2. The number of nitrogens with two attached hydrogens (primary N) is 1. The van der Waals surface area contributed by atoms with Gasteiger partial charge >= 0.3 is 5.97 Å². The quantitative estimate of drug-likeness (QED) is 0.674. The van der Waals surface area contributed by atoms with E-state index in [-0.39, 0.29) is 5.56 Å².